The van der Waals surface area contributed by atoms with Gasteiger partial charge in [-0.25, -0.2) is 0 Å². The Morgan fingerprint density at radius 2 is 1.79 bits per heavy atom. The van der Waals surface area contributed by atoms with Crippen LogP contribution in [0, 0.1) is 5.92 Å². The van der Waals surface area contributed by atoms with Crippen LogP contribution < -0.4 is 9.47 Å². The number of carbonyl (C=O) groups excluding carboxylic acids is 1. The number of hydrogen-bond acceptors (Lipinski definition) is 6. The molecule has 0 bridgehead atoms. The molecule has 1 aromatic heterocycles. The largest absolute Gasteiger partial charge is 0.490 e. The highest BCUT2D eigenvalue weighted by Crippen LogP contribution is 2.30. The summed E-state index contributed by atoms with van der Waals surface area (Å²) in [6.45, 7) is 9.43. The maximum absolute atomic E-state index is 13.2. The number of amides is 1. The van der Waals surface area contributed by atoms with Gasteiger partial charge in [0.25, 0.3) is 5.91 Å². The molecule has 2 aromatic rings. The summed E-state index contributed by atoms with van der Waals surface area (Å²) in [5, 5.41) is 0. The molecule has 1 aromatic carbocycles. The van der Waals surface area contributed by atoms with Crippen molar-refractivity contribution in [1.82, 2.24) is 14.8 Å². The van der Waals surface area contributed by atoms with E-state index in [0.717, 1.165) is 64.3 Å². The molecule has 0 spiro atoms. The van der Waals surface area contributed by atoms with Gasteiger partial charge in [-0.1, -0.05) is 0 Å². The van der Waals surface area contributed by atoms with Crippen LogP contribution in [0.1, 0.15) is 42.1 Å². The van der Waals surface area contributed by atoms with Gasteiger partial charge in [0.2, 0.25) is 0 Å². The number of benzene rings is 1. The Balaban J connectivity index is 1.30. The lowest BCUT2D eigenvalue weighted by Gasteiger charge is -2.34. The fraction of sp³-hybridized carbons (Fsp3) is 0.538. The normalized spacial score (nSPS) is 17.7. The molecule has 178 valence electrons. The Morgan fingerprint density at radius 3 is 2.52 bits per heavy atom. The molecule has 7 nitrogen and oxygen atoms in total. The summed E-state index contributed by atoms with van der Waals surface area (Å²) >= 11 is 0. The molecule has 0 radical (unpaired) electrons. The minimum Gasteiger partial charge on any atom is -0.490 e. The predicted octanol–water partition coefficient (Wildman–Crippen LogP) is 3.63. The molecule has 2 saturated heterocycles. The third-order valence-electron chi connectivity index (χ3n) is 6.49. The quantitative estimate of drug-likeness (QED) is 0.578. The van der Waals surface area contributed by atoms with Crippen LogP contribution in [0.25, 0.3) is 0 Å². The van der Waals surface area contributed by atoms with Gasteiger partial charge in [0.1, 0.15) is 6.61 Å². The Hall–Kier alpha value is -2.64. The Morgan fingerprint density at radius 1 is 1.03 bits per heavy atom. The second-order valence-electron chi connectivity index (χ2n) is 8.72. The van der Waals surface area contributed by atoms with Crippen LogP contribution >= 0.6 is 0 Å². The molecule has 33 heavy (non-hydrogen) atoms. The second-order valence-corrected chi connectivity index (χ2v) is 8.72. The van der Waals surface area contributed by atoms with Crippen molar-refractivity contribution in [1.29, 1.82) is 0 Å². The molecule has 0 unspecified atom stereocenters. The Labute approximate surface area is 196 Å². The number of likely N-dealkylation sites (tertiary alicyclic amines) is 1. The van der Waals surface area contributed by atoms with E-state index in [2.05, 4.69) is 9.88 Å². The number of hydrogen-bond donors (Lipinski definition) is 0. The lowest BCUT2D eigenvalue weighted by Crippen LogP contribution is -2.40. The first-order chi connectivity index (χ1) is 16.2. The highest BCUT2D eigenvalue weighted by molar-refractivity contribution is 5.95. The van der Waals surface area contributed by atoms with Gasteiger partial charge in [0.05, 0.1) is 19.8 Å². The summed E-state index contributed by atoms with van der Waals surface area (Å²) in [6, 6.07) is 9.34. The van der Waals surface area contributed by atoms with Crippen molar-refractivity contribution in [3.8, 4) is 11.5 Å². The summed E-state index contributed by atoms with van der Waals surface area (Å²) in [5.41, 5.74) is 1.69. The van der Waals surface area contributed by atoms with Gasteiger partial charge >= 0.3 is 0 Å². The maximum Gasteiger partial charge on any atom is 0.253 e. The molecule has 0 saturated carbocycles. The van der Waals surface area contributed by atoms with Crippen LogP contribution in [0.5, 0.6) is 11.5 Å². The van der Waals surface area contributed by atoms with E-state index < -0.39 is 0 Å². The van der Waals surface area contributed by atoms with Gasteiger partial charge in [-0.2, -0.15) is 0 Å². The van der Waals surface area contributed by atoms with Crippen molar-refractivity contribution in [2.75, 3.05) is 52.5 Å². The number of morpholine rings is 1. The lowest BCUT2D eigenvalue weighted by atomic mass is 9.93. The van der Waals surface area contributed by atoms with Gasteiger partial charge in [-0.3, -0.25) is 14.7 Å². The van der Waals surface area contributed by atoms with Gasteiger partial charge in [0, 0.05) is 44.1 Å². The molecule has 0 N–H and O–H groups in total. The summed E-state index contributed by atoms with van der Waals surface area (Å²) in [6.07, 6.45) is 6.84. The molecule has 0 atom stereocenters. The third kappa shape index (κ3) is 6.68. The van der Waals surface area contributed by atoms with Crippen molar-refractivity contribution in [2.45, 2.75) is 32.8 Å². The monoisotopic (exact) mass is 453 g/mol. The second kappa shape index (κ2) is 12.0. The third-order valence-corrected chi connectivity index (χ3v) is 6.49. The molecule has 3 heterocycles. The van der Waals surface area contributed by atoms with E-state index in [0.29, 0.717) is 36.2 Å². The molecule has 1 amide bonds. The van der Waals surface area contributed by atoms with Gasteiger partial charge in [-0.05, 0) is 74.5 Å². The Bertz CT molecular complexity index is 878. The zero-order valence-corrected chi connectivity index (χ0v) is 19.6. The highest BCUT2D eigenvalue weighted by Gasteiger charge is 2.25. The van der Waals surface area contributed by atoms with E-state index in [1.54, 1.807) is 12.4 Å². The van der Waals surface area contributed by atoms with Gasteiger partial charge in [0.15, 0.2) is 11.5 Å². The first kappa shape index (κ1) is 23.5. The molecule has 2 aliphatic rings. The van der Waals surface area contributed by atoms with Gasteiger partial charge in [-0.15, -0.1) is 0 Å². The maximum atomic E-state index is 13.2. The average molecular weight is 454 g/mol. The summed E-state index contributed by atoms with van der Waals surface area (Å²) in [4.78, 5) is 21.7. The number of aromatic nitrogens is 1. The number of nitrogens with zero attached hydrogens (tertiary/aromatic N) is 3. The van der Waals surface area contributed by atoms with Crippen molar-refractivity contribution in [2.24, 2.45) is 5.92 Å². The number of piperidine rings is 1. The summed E-state index contributed by atoms with van der Waals surface area (Å²) < 4.78 is 17.2. The van der Waals surface area contributed by atoms with E-state index >= 15 is 0 Å². The van der Waals surface area contributed by atoms with Crippen molar-refractivity contribution < 1.29 is 19.0 Å². The number of ether oxygens (including phenoxy) is 3. The average Bonchev–Trinajstić information content (AvgIpc) is 2.88. The molecule has 0 aliphatic carbocycles. The zero-order chi connectivity index (χ0) is 22.9. The number of carbonyl (C=O) groups is 1. The SMILES string of the molecule is CCOc1cc(C(=O)N2CCC(CCN3CCOCC3)CC2)ccc1OCc1ccncc1. The molecule has 4 rings (SSSR count). The fourth-order valence-corrected chi connectivity index (χ4v) is 4.47. The standard InChI is InChI=1S/C26H35N3O4/c1-2-32-25-19-23(3-4-24(25)33-20-22-5-10-27-11-6-22)26(30)29-13-8-21(9-14-29)7-12-28-15-17-31-18-16-28/h3-6,10-11,19,21H,2,7-9,12-18,20H2,1H3. The fourth-order valence-electron chi connectivity index (χ4n) is 4.47. The van der Waals surface area contributed by atoms with E-state index in [4.69, 9.17) is 14.2 Å². The molecular formula is C26H35N3O4. The number of rotatable bonds is 9. The molecular weight excluding hydrogens is 418 g/mol. The van der Waals surface area contributed by atoms with E-state index in [-0.39, 0.29) is 5.91 Å². The molecule has 2 aliphatic heterocycles. The van der Waals surface area contributed by atoms with Crippen LogP contribution in [0.2, 0.25) is 0 Å². The molecule has 2 fully saturated rings. The predicted molar refractivity (Wildman–Crippen MR) is 127 cm³/mol. The van der Waals surface area contributed by atoms with Crippen molar-refractivity contribution >= 4 is 5.91 Å². The van der Waals surface area contributed by atoms with Crippen LogP contribution in [-0.4, -0.2) is 73.2 Å². The van der Waals surface area contributed by atoms with Crippen molar-refractivity contribution in [3.63, 3.8) is 0 Å². The smallest absolute Gasteiger partial charge is 0.253 e. The Kier molecular flexibility index (Phi) is 8.55. The summed E-state index contributed by atoms with van der Waals surface area (Å²) in [7, 11) is 0. The van der Waals surface area contributed by atoms with E-state index in [1.165, 1.54) is 6.42 Å². The number of pyridine rings is 1. The first-order valence-electron chi connectivity index (χ1n) is 12.1. The topological polar surface area (TPSA) is 64.1 Å². The van der Waals surface area contributed by atoms with Crippen LogP contribution in [-0.2, 0) is 11.3 Å². The summed E-state index contributed by atoms with van der Waals surface area (Å²) in [5.74, 6) is 2.02. The molecule has 7 heteroatoms. The van der Waals surface area contributed by atoms with E-state index in [9.17, 15) is 4.79 Å². The van der Waals surface area contributed by atoms with E-state index in [1.807, 2.05) is 42.2 Å². The minimum atomic E-state index is 0.0725. The lowest BCUT2D eigenvalue weighted by molar-refractivity contribution is 0.0332. The highest BCUT2D eigenvalue weighted by atomic mass is 16.5. The van der Waals surface area contributed by atoms with Crippen LogP contribution in [0.3, 0.4) is 0 Å². The first-order valence-corrected chi connectivity index (χ1v) is 12.1. The van der Waals surface area contributed by atoms with Crippen molar-refractivity contribution in [3.05, 3.63) is 53.9 Å². The van der Waals surface area contributed by atoms with Crippen LogP contribution in [0.4, 0.5) is 0 Å². The minimum absolute atomic E-state index is 0.0725. The van der Waals surface area contributed by atoms with Crippen LogP contribution in [0.15, 0.2) is 42.7 Å². The zero-order valence-electron chi connectivity index (χ0n) is 19.6. The van der Waals surface area contributed by atoms with Gasteiger partial charge < -0.3 is 19.1 Å².